The molecule has 0 fully saturated rings. The molecule has 0 bridgehead atoms. The molecule has 11 nitrogen and oxygen atoms in total. The van der Waals surface area contributed by atoms with Crippen LogP contribution in [0.25, 0.3) is 26.3 Å². The van der Waals surface area contributed by atoms with E-state index in [1.54, 1.807) is 79.7 Å². The number of carbonyl (C=O) groups is 2. The first-order chi connectivity index (χ1) is 25.1. The lowest BCUT2D eigenvalue weighted by Crippen LogP contribution is -2.39. The number of rotatable bonds is 11. The van der Waals surface area contributed by atoms with Crippen LogP contribution in [0, 0.1) is 11.6 Å². The minimum absolute atomic E-state index is 0.145. The summed E-state index contributed by atoms with van der Waals surface area (Å²) in [4.78, 5) is 60.3. The summed E-state index contributed by atoms with van der Waals surface area (Å²) in [6.45, 7) is 2.22. The number of anilines is 1. The molecule has 0 aliphatic carbocycles. The van der Waals surface area contributed by atoms with Crippen LogP contribution in [0.1, 0.15) is 34.2 Å². The van der Waals surface area contributed by atoms with Crippen LogP contribution in [0.5, 0.6) is 0 Å². The summed E-state index contributed by atoms with van der Waals surface area (Å²) >= 11 is 1.15. The van der Waals surface area contributed by atoms with Gasteiger partial charge in [0.1, 0.15) is 22.2 Å². The summed E-state index contributed by atoms with van der Waals surface area (Å²) in [6.07, 6.45) is 0. The molecule has 3 heterocycles. The molecule has 3 aromatic carbocycles. The van der Waals surface area contributed by atoms with Gasteiger partial charge in [-0.1, -0.05) is 42.5 Å². The van der Waals surface area contributed by atoms with Crippen molar-refractivity contribution >= 4 is 39.2 Å². The van der Waals surface area contributed by atoms with E-state index in [1.807, 2.05) is 11.9 Å². The smallest absolute Gasteiger partial charge is 0.356 e. The lowest BCUT2D eigenvalue weighted by Gasteiger charge is -2.18. The summed E-state index contributed by atoms with van der Waals surface area (Å²) in [5.41, 5.74) is 1.10. The molecule has 6 rings (SSSR count). The highest BCUT2D eigenvalue weighted by Crippen LogP contribution is 2.38. The van der Waals surface area contributed by atoms with Crippen LogP contribution in [-0.4, -0.2) is 51.7 Å². The Morgan fingerprint density at radius 1 is 0.885 bits per heavy atom. The minimum atomic E-state index is -0.828. The van der Waals surface area contributed by atoms with Gasteiger partial charge in [-0.2, -0.15) is 0 Å². The van der Waals surface area contributed by atoms with E-state index in [9.17, 15) is 19.2 Å². The van der Waals surface area contributed by atoms with E-state index in [2.05, 4.69) is 15.6 Å². The molecule has 52 heavy (non-hydrogen) atoms. The number of halogens is 2. The first-order valence-corrected chi connectivity index (χ1v) is 17.1. The van der Waals surface area contributed by atoms with Crippen molar-refractivity contribution in [2.24, 2.45) is 0 Å². The van der Waals surface area contributed by atoms with Gasteiger partial charge in [-0.15, -0.1) is 11.3 Å². The standard InChI is InChI=1S/C38H34F2N6O5S/c1-4-41-37(49)43-24-18-16-23(17-19-24)33-28(21-44(2)20-25-10-8-15-31(42-25)36(48)51-3)32-34(47)46(26-11-6-5-7-12-26)38(50)45(35(32)52-33)22-27-29(39)13-9-14-30(27)40/h5-19H,4,20-22H2,1-3H3,(H2,41,43,49). The number of nitrogens with one attached hydrogen (secondary N) is 2. The van der Waals surface area contributed by atoms with Gasteiger partial charge in [-0.25, -0.2) is 32.7 Å². The molecule has 0 spiro atoms. The number of ether oxygens (including phenoxy) is 1. The maximum atomic E-state index is 15.1. The molecule has 2 amide bonds. The third-order valence-electron chi connectivity index (χ3n) is 8.27. The number of urea groups is 1. The number of hydrogen-bond acceptors (Lipinski definition) is 8. The van der Waals surface area contributed by atoms with Crippen molar-refractivity contribution in [3.8, 4) is 16.1 Å². The number of aromatic nitrogens is 3. The van der Waals surface area contributed by atoms with Crippen LogP contribution in [0.15, 0.2) is 101 Å². The molecule has 0 atom stereocenters. The lowest BCUT2D eigenvalue weighted by molar-refractivity contribution is 0.0593. The van der Waals surface area contributed by atoms with Crippen molar-refractivity contribution in [3.05, 3.63) is 146 Å². The van der Waals surface area contributed by atoms with Crippen LogP contribution in [0.4, 0.5) is 19.3 Å². The van der Waals surface area contributed by atoms with E-state index in [0.29, 0.717) is 39.6 Å². The normalized spacial score (nSPS) is 11.2. The number of pyridine rings is 1. The summed E-state index contributed by atoms with van der Waals surface area (Å²) in [5, 5.41) is 5.64. The van der Waals surface area contributed by atoms with E-state index in [4.69, 9.17) is 4.74 Å². The maximum Gasteiger partial charge on any atom is 0.356 e. The highest BCUT2D eigenvalue weighted by molar-refractivity contribution is 7.22. The predicted molar refractivity (Wildman–Crippen MR) is 196 cm³/mol. The van der Waals surface area contributed by atoms with Crippen molar-refractivity contribution in [2.45, 2.75) is 26.6 Å². The number of methoxy groups -OCH3 is 1. The second-order valence-electron chi connectivity index (χ2n) is 11.9. The van der Waals surface area contributed by atoms with E-state index >= 15 is 8.78 Å². The Morgan fingerprint density at radius 3 is 2.25 bits per heavy atom. The van der Waals surface area contributed by atoms with Crippen molar-refractivity contribution in [3.63, 3.8) is 0 Å². The van der Waals surface area contributed by atoms with Gasteiger partial charge in [0.25, 0.3) is 5.56 Å². The number of thiophene rings is 1. The van der Waals surface area contributed by atoms with Crippen molar-refractivity contribution < 1.29 is 23.1 Å². The second kappa shape index (κ2) is 15.5. The zero-order valence-corrected chi connectivity index (χ0v) is 29.3. The fourth-order valence-corrected chi connectivity index (χ4v) is 7.17. The molecule has 0 unspecified atom stereocenters. The van der Waals surface area contributed by atoms with Crippen molar-refractivity contribution in [1.29, 1.82) is 0 Å². The average Bonchev–Trinajstić information content (AvgIpc) is 3.50. The summed E-state index contributed by atoms with van der Waals surface area (Å²) in [7, 11) is 3.09. The Kier molecular flexibility index (Phi) is 10.7. The molecule has 0 saturated carbocycles. The molecule has 0 aliphatic rings. The average molecular weight is 725 g/mol. The van der Waals surface area contributed by atoms with Gasteiger partial charge in [0.2, 0.25) is 0 Å². The molecule has 0 radical (unpaired) electrons. The monoisotopic (exact) mass is 724 g/mol. The van der Waals surface area contributed by atoms with Gasteiger partial charge < -0.3 is 15.4 Å². The van der Waals surface area contributed by atoms with E-state index in [-0.39, 0.29) is 40.6 Å². The van der Waals surface area contributed by atoms with Gasteiger partial charge in [0.15, 0.2) is 0 Å². The molecule has 2 N–H and O–H groups in total. The van der Waals surface area contributed by atoms with Crippen molar-refractivity contribution in [2.75, 3.05) is 26.0 Å². The third-order valence-corrected chi connectivity index (χ3v) is 9.57. The Balaban J connectivity index is 1.56. The molecular formula is C38H34F2N6O5S. The first kappa shape index (κ1) is 35.8. The number of hydrogen-bond donors (Lipinski definition) is 2. The number of nitrogens with zero attached hydrogens (tertiary/aromatic N) is 4. The van der Waals surface area contributed by atoms with Crippen LogP contribution in [-0.2, 0) is 24.4 Å². The number of esters is 1. The Labute approximate surface area is 300 Å². The van der Waals surface area contributed by atoms with Crippen LogP contribution < -0.4 is 21.9 Å². The molecule has 6 aromatic rings. The van der Waals surface area contributed by atoms with E-state index < -0.39 is 35.4 Å². The van der Waals surface area contributed by atoms with Gasteiger partial charge >= 0.3 is 17.7 Å². The maximum absolute atomic E-state index is 15.1. The number of benzene rings is 3. The fraction of sp³-hybridized carbons (Fsp3) is 0.184. The summed E-state index contributed by atoms with van der Waals surface area (Å²) in [6, 6.07) is 23.5. The van der Waals surface area contributed by atoms with Crippen LogP contribution in [0.3, 0.4) is 0 Å². The van der Waals surface area contributed by atoms with Crippen LogP contribution in [0.2, 0.25) is 0 Å². The molecule has 0 aliphatic heterocycles. The summed E-state index contributed by atoms with van der Waals surface area (Å²) < 4.78 is 37.2. The van der Waals surface area contributed by atoms with Gasteiger partial charge in [0, 0.05) is 35.8 Å². The number of amides is 2. The van der Waals surface area contributed by atoms with E-state index in [1.165, 1.54) is 17.7 Å². The minimum Gasteiger partial charge on any atom is -0.464 e. The molecule has 0 saturated heterocycles. The Bertz CT molecular complexity index is 2370. The lowest BCUT2D eigenvalue weighted by atomic mass is 10.1. The SMILES string of the molecule is CCNC(=O)Nc1ccc(-c2sc3c(c2CN(C)Cc2cccc(C(=O)OC)n2)c(=O)n(-c2ccccc2)c(=O)n3Cc2c(F)cccc2F)cc1. The zero-order valence-electron chi connectivity index (χ0n) is 28.5. The third kappa shape index (κ3) is 7.38. The largest absolute Gasteiger partial charge is 0.464 e. The predicted octanol–water partition coefficient (Wildman–Crippen LogP) is 6.16. The van der Waals surface area contributed by atoms with E-state index in [0.717, 1.165) is 28.0 Å². The highest BCUT2D eigenvalue weighted by atomic mass is 32.1. The highest BCUT2D eigenvalue weighted by Gasteiger charge is 2.26. The van der Waals surface area contributed by atoms with Crippen LogP contribution >= 0.6 is 11.3 Å². The first-order valence-electron chi connectivity index (χ1n) is 16.3. The van der Waals surface area contributed by atoms with Gasteiger partial charge in [0.05, 0.1) is 30.4 Å². The molecular weight excluding hydrogens is 691 g/mol. The number of fused-ring (bicyclic) bond motifs is 1. The number of carbonyl (C=O) groups excluding carboxylic acids is 2. The zero-order chi connectivity index (χ0) is 36.9. The molecule has 14 heteroatoms. The van der Waals surface area contributed by atoms with Crippen molar-refractivity contribution in [1.82, 2.24) is 24.3 Å². The Hall–Kier alpha value is -5.99. The number of para-hydroxylation sites is 1. The summed E-state index contributed by atoms with van der Waals surface area (Å²) in [5.74, 6) is -2.23. The quantitative estimate of drug-likeness (QED) is 0.153. The molecule has 3 aromatic heterocycles. The second-order valence-corrected chi connectivity index (χ2v) is 12.9. The molecule has 266 valence electrons. The van der Waals surface area contributed by atoms with Gasteiger partial charge in [-0.3, -0.25) is 14.3 Å². The van der Waals surface area contributed by atoms with Gasteiger partial charge in [-0.05, 0) is 73.6 Å². The topological polar surface area (TPSA) is 128 Å². The Morgan fingerprint density at radius 2 is 1.58 bits per heavy atom. The fourth-order valence-electron chi connectivity index (χ4n) is 5.87.